The smallest absolute Gasteiger partial charge is 0.0744 e. The molecule has 2 aromatic carbocycles. The molecule has 0 saturated carbocycles. The Balaban J connectivity index is 2.32. The third kappa shape index (κ3) is 1.60. The van der Waals surface area contributed by atoms with Crippen molar-refractivity contribution in [1.82, 2.24) is 9.78 Å². The van der Waals surface area contributed by atoms with Crippen molar-refractivity contribution in [2.45, 2.75) is 13.5 Å². The second kappa shape index (κ2) is 4.27. The fourth-order valence-corrected chi connectivity index (χ4v) is 2.30. The van der Waals surface area contributed by atoms with Crippen molar-refractivity contribution in [1.29, 1.82) is 0 Å². The minimum Gasteiger partial charge on any atom is -0.326 e. The molecular formula is C15H15N3. The molecular weight excluding hydrogens is 222 g/mol. The van der Waals surface area contributed by atoms with Gasteiger partial charge in [-0.15, -0.1) is 0 Å². The van der Waals surface area contributed by atoms with Gasteiger partial charge in [0, 0.05) is 11.9 Å². The summed E-state index contributed by atoms with van der Waals surface area (Å²) in [5, 5.41) is 5.81. The van der Waals surface area contributed by atoms with E-state index in [-0.39, 0.29) is 0 Å². The summed E-state index contributed by atoms with van der Waals surface area (Å²) in [4.78, 5) is 0. The third-order valence-electron chi connectivity index (χ3n) is 3.21. The molecule has 0 amide bonds. The van der Waals surface area contributed by atoms with Crippen LogP contribution >= 0.6 is 0 Å². The minimum absolute atomic E-state index is 0.517. The van der Waals surface area contributed by atoms with Crippen LogP contribution in [0.1, 0.15) is 11.3 Å². The quantitative estimate of drug-likeness (QED) is 0.744. The first-order chi connectivity index (χ1) is 8.81. The Bertz CT molecular complexity index is 698. The van der Waals surface area contributed by atoms with Crippen LogP contribution in [0.15, 0.2) is 48.5 Å². The molecule has 0 unspecified atom stereocenters. The van der Waals surface area contributed by atoms with E-state index >= 15 is 0 Å². The fraction of sp³-hybridized carbons (Fsp3) is 0.133. The van der Waals surface area contributed by atoms with Crippen LogP contribution in [0.2, 0.25) is 0 Å². The van der Waals surface area contributed by atoms with Crippen molar-refractivity contribution in [2.75, 3.05) is 0 Å². The van der Waals surface area contributed by atoms with Gasteiger partial charge in [-0.1, -0.05) is 36.4 Å². The molecule has 1 heterocycles. The van der Waals surface area contributed by atoms with Crippen molar-refractivity contribution >= 4 is 10.9 Å². The number of nitrogens with zero attached hydrogens (tertiary/aromatic N) is 2. The Labute approximate surface area is 106 Å². The maximum absolute atomic E-state index is 5.80. The minimum atomic E-state index is 0.517. The van der Waals surface area contributed by atoms with Crippen molar-refractivity contribution < 1.29 is 0 Å². The van der Waals surface area contributed by atoms with Gasteiger partial charge in [-0.25, -0.2) is 4.68 Å². The van der Waals surface area contributed by atoms with Crippen LogP contribution < -0.4 is 5.73 Å². The molecule has 0 bridgehead atoms. The van der Waals surface area contributed by atoms with Crippen LogP contribution in [0.4, 0.5) is 0 Å². The van der Waals surface area contributed by atoms with Gasteiger partial charge < -0.3 is 5.73 Å². The van der Waals surface area contributed by atoms with Crippen LogP contribution in [-0.2, 0) is 6.54 Å². The van der Waals surface area contributed by atoms with E-state index in [1.54, 1.807) is 0 Å². The van der Waals surface area contributed by atoms with Crippen LogP contribution in [0.3, 0.4) is 0 Å². The molecule has 2 N–H and O–H groups in total. The standard InChI is InChI=1S/C15H15N3/c1-11-13-7-3-5-9-15(13)18(17-11)14-8-4-2-6-12(14)10-16/h2-9H,10,16H2,1H3. The Kier molecular flexibility index (Phi) is 2.61. The second-order valence-corrected chi connectivity index (χ2v) is 4.35. The topological polar surface area (TPSA) is 43.8 Å². The van der Waals surface area contributed by atoms with Crippen molar-refractivity contribution in [3.63, 3.8) is 0 Å². The molecule has 3 rings (SSSR count). The lowest BCUT2D eigenvalue weighted by molar-refractivity contribution is 0.868. The number of aromatic nitrogens is 2. The third-order valence-corrected chi connectivity index (χ3v) is 3.21. The number of aryl methyl sites for hydroxylation is 1. The largest absolute Gasteiger partial charge is 0.326 e. The highest BCUT2D eigenvalue weighted by Crippen LogP contribution is 2.23. The summed E-state index contributed by atoms with van der Waals surface area (Å²) < 4.78 is 1.98. The van der Waals surface area contributed by atoms with Gasteiger partial charge in [0.25, 0.3) is 0 Å². The SMILES string of the molecule is Cc1nn(-c2ccccc2CN)c2ccccc12. The number of hydrogen-bond donors (Lipinski definition) is 1. The zero-order valence-corrected chi connectivity index (χ0v) is 10.3. The van der Waals surface area contributed by atoms with E-state index < -0.39 is 0 Å². The molecule has 1 aromatic heterocycles. The van der Waals surface area contributed by atoms with Crippen LogP contribution in [0.5, 0.6) is 0 Å². The molecule has 0 atom stereocenters. The zero-order valence-electron chi connectivity index (χ0n) is 10.3. The van der Waals surface area contributed by atoms with Crippen LogP contribution in [0.25, 0.3) is 16.6 Å². The molecule has 0 aliphatic heterocycles. The number of fused-ring (bicyclic) bond motifs is 1. The molecule has 90 valence electrons. The molecule has 0 fully saturated rings. The number of rotatable bonds is 2. The van der Waals surface area contributed by atoms with Gasteiger partial charge in [0.05, 0.1) is 16.9 Å². The van der Waals surface area contributed by atoms with Crippen LogP contribution in [0, 0.1) is 6.92 Å². The van der Waals surface area contributed by atoms with Crippen molar-refractivity contribution in [3.8, 4) is 5.69 Å². The molecule has 0 saturated heterocycles. The predicted molar refractivity (Wildman–Crippen MR) is 73.7 cm³/mol. The average Bonchev–Trinajstić information content (AvgIpc) is 2.77. The van der Waals surface area contributed by atoms with E-state index in [1.807, 2.05) is 41.9 Å². The van der Waals surface area contributed by atoms with Gasteiger partial charge in [-0.2, -0.15) is 5.10 Å². The fourth-order valence-electron chi connectivity index (χ4n) is 2.30. The van der Waals surface area contributed by atoms with Crippen molar-refractivity contribution in [2.24, 2.45) is 5.73 Å². The summed E-state index contributed by atoms with van der Waals surface area (Å²) in [6, 6.07) is 16.4. The lowest BCUT2D eigenvalue weighted by Crippen LogP contribution is -2.05. The first kappa shape index (κ1) is 11.0. The summed E-state index contributed by atoms with van der Waals surface area (Å²) in [5.41, 5.74) is 10.1. The molecule has 0 aliphatic carbocycles. The van der Waals surface area contributed by atoms with E-state index in [2.05, 4.69) is 23.3 Å². The Morgan fingerprint density at radius 3 is 2.61 bits per heavy atom. The first-order valence-electron chi connectivity index (χ1n) is 6.04. The lowest BCUT2D eigenvalue weighted by Gasteiger charge is -2.08. The zero-order chi connectivity index (χ0) is 12.5. The van der Waals surface area contributed by atoms with Gasteiger partial charge in [-0.05, 0) is 24.6 Å². The normalized spacial score (nSPS) is 11.0. The highest BCUT2D eigenvalue weighted by atomic mass is 15.3. The maximum atomic E-state index is 5.80. The van der Waals surface area contributed by atoms with Gasteiger partial charge >= 0.3 is 0 Å². The molecule has 3 aromatic rings. The number of nitrogens with two attached hydrogens (primary N) is 1. The van der Waals surface area contributed by atoms with Gasteiger partial charge in [0.1, 0.15) is 0 Å². The van der Waals surface area contributed by atoms with Crippen molar-refractivity contribution in [3.05, 3.63) is 59.8 Å². The van der Waals surface area contributed by atoms with Crippen LogP contribution in [-0.4, -0.2) is 9.78 Å². The maximum Gasteiger partial charge on any atom is 0.0744 e. The first-order valence-corrected chi connectivity index (χ1v) is 6.04. The van der Waals surface area contributed by atoms with Gasteiger partial charge in [-0.3, -0.25) is 0 Å². The average molecular weight is 237 g/mol. The summed E-state index contributed by atoms with van der Waals surface area (Å²) in [6.07, 6.45) is 0. The van der Waals surface area contributed by atoms with E-state index in [0.29, 0.717) is 6.54 Å². The molecule has 3 heteroatoms. The predicted octanol–water partition coefficient (Wildman–Crippen LogP) is 2.79. The lowest BCUT2D eigenvalue weighted by atomic mass is 10.1. The monoisotopic (exact) mass is 237 g/mol. The summed E-state index contributed by atoms with van der Waals surface area (Å²) >= 11 is 0. The number of benzene rings is 2. The Morgan fingerprint density at radius 1 is 1.06 bits per heavy atom. The molecule has 18 heavy (non-hydrogen) atoms. The van der Waals surface area contributed by atoms with E-state index in [1.165, 1.54) is 5.39 Å². The molecule has 0 radical (unpaired) electrons. The summed E-state index contributed by atoms with van der Waals surface area (Å²) in [6.45, 7) is 2.55. The Morgan fingerprint density at radius 2 is 1.78 bits per heavy atom. The second-order valence-electron chi connectivity index (χ2n) is 4.35. The number of para-hydroxylation sites is 2. The highest BCUT2D eigenvalue weighted by molar-refractivity contribution is 5.83. The van der Waals surface area contributed by atoms with Gasteiger partial charge in [0.2, 0.25) is 0 Å². The molecule has 0 spiro atoms. The van der Waals surface area contributed by atoms with E-state index in [0.717, 1.165) is 22.5 Å². The summed E-state index contributed by atoms with van der Waals surface area (Å²) in [5.74, 6) is 0. The van der Waals surface area contributed by atoms with E-state index in [4.69, 9.17) is 5.73 Å². The van der Waals surface area contributed by atoms with Gasteiger partial charge in [0.15, 0.2) is 0 Å². The summed E-state index contributed by atoms with van der Waals surface area (Å²) in [7, 11) is 0. The molecule has 3 nitrogen and oxygen atoms in total. The molecule has 0 aliphatic rings. The Hall–Kier alpha value is -2.13. The van der Waals surface area contributed by atoms with E-state index in [9.17, 15) is 0 Å². The number of hydrogen-bond acceptors (Lipinski definition) is 2. The highest BCUT2D eigenvalue weighted by Gasteiger charge is 2.10.